The maximum atomic E-state index is 12.9. The summed E-state index contributed by atoms with van der Waals surface area (Å²) in [5.41, 5.74) is 4.91. The van der Waals surface area contributed by atoms with Crippen LogP contribution in [0.2, 0.25) is 5.02 Å². The summed E-state index contributed by atoms with van der Waals surface area (Å²) in [7, 11) is 0. The molecule has 0 aliphatic rings. The first kappa shape index (κ1) is 19.7. The standard InChI is InChI=1S/C22H21ClN4OS/c1-4-18(21(28)24-16-10-8-15(23)9-11-16)29-22-26-25-19-12-14(3)17-7-5-6-13(2)20(17)27(19)22/h5-12,18H,4H2,1-3H3,(H,24,28). The number of amides is 1. The van der Waals surface area contributed by atoms with Gasteiger partial charge in [0.1, 0.15) is 0 Å². The zero-order valence-electron chi connectivity index (χ0n) is 16.4. The molecule has 1 unspecified atom stereocenters. The van der Waals surface area contributed by atoms with Gasteiger partial charge in [-0.25, -0.2) is 0 Å². The van der Waals surface area contributed by atoms with Gasteiger partial charge < -0.3 is 5.32 Å². The van der Waals surface area contributed by atoms with E-state index in [1.165, 1.54) is 11.8 Å². The van der Waals surface area contributed by atoms with Gasteiger partial charge in [-0.2, -0.15) is 0 Å². The van der Waals surface area contributed by atoms with Gasteiger partial charge in [-0.15, -0.1) is 10.2 Å². The van der Waals surface area contributed by atoms with E-state index in [2.05, 4.69) is 52.0 Å². The number of anilines is 1. The molecule has 1 amide bonds. The monoisotopic (exact) mass is 424 g/mol. The molecule has 4 aromatic rings. The molecule has 29 heavy (non-hydrogen) atoms. The molecule has 148 valence electrons. The molecule has 4 rings (SSSR count). The van der Waals surface area contributed by atoms with Gasteiger partial charge in [0.2, 0.25) is 5.91 Å². The zero-order chi connectivity index (χ0) is 20.5. The Morgan fingerprint density at radius 3 is 2.62 bits per heavy atom. The molecule has 1 N–H and O–H groups in total. The average molecular weight is 425 g/mol. The second kappa shape index (κ2) is 8.05. The first-order valence-electron chi connectivity index (χ1n) is 9.45. The maximum absolute atomic E-state index is 12.9. The minimum Gasteiger partial charge on any atom is -0.325 e. The molecule has 2 aromatic carbocycles. The van der Waals surface area contributed by atoms with Crippen LogP contribution in [-0.4, -0.2) is 25.8 Å². The number of nitrogens with zero attached hydrogens (tertiary/aromatic N) is 3. The quantitative estimate of drug-likeness (QED) is 0.420. The van der Waals surface area contributed by atoms with Crippen molar-refractivity contribution in [2.24, 2.45) is 0 Å². The highest BCUT2D eigenvalue weighted by atomic mass is 35.5. The number of aromatic nitrogens is 3. The highest BCUT2D eigenvalue weighted by Crippen LogP contribution is 2.31. The Kier molecular flexibility index (Phi) is 5.48. The second-order valence-electron chi connectivity index (χ2n) is 6.99. The van der Waals surface area contributed by atoms with E-state index in [1.807, 2.05) is 13.0 Å². The number of carbonyl (C=O) groups is 1. The number of aryl methyl sites for hydroxylation is 2. The van der Waals surface area contributed by atoms with Gasteiger partial charge in [0.05, 0.1) is 10.8 Å². The summed E-state index contributed by atoms with van der Waals surface area (Å²) in [6, 6.07) is 15.4. The first-order chi connectivity index (χ1) is 14.0. The molecule has 2 aromatic heterocycles. The van der Waals surface area contributed by atoms with E-state index in [9.17, 15) is 4.79 Å². The van der Waals surface area contributed by atoms with Gasteiger partial charge in [0, 0.05) is 16.1 Å². The van der Waals surface area contributed by atoms with Crippen molar-refractivity contribution in [1.82, 2.24) is 14.6 Å². The number of fused-ring (bicyclic) bond motifs is 3. The van der Waals surface area contributed by atoms with E-state index in [1.54, 1.807) is 24.3 Å². The minimum absolute atomic E-state index is 0.0651. The molecular weight excluding hydrogens is 404 g/mol. The highest BCUT2D eigenvalue weighted by Gasteiger charge is 2.22. The molecule has 0 saturated carbocycles. The van der Waals surface area contributed by atoms with Crippen molar-refractivity contribution in [3.05, 3.63) is 64.7 Å². The molecule has 0 saturated heterocycles. The van der Waals surface area contributed by atoms with Crippen molar-refractivity contribution in [2.45, 2.75) is 37.6 Å². The first-order valence-corrected chi connectivity index (χ1v) is 10.7. The SMILES string of the molecule is CCC(Sc1nnc2cc(C)c3cccc(C)c3n12)C(=O)Nc1ccc(Cl)cc1. The molecule has 0 radical (unpaired) electrons. The summed E-state index contributed by atoms with van der Waals surface area (Å²) >= 11 is 7.36. The van der Waals surface area contributed by atoms with Crippen LogP contribution in [0.25, 0.3) is 16.6 Å². The van der Waals surface area contributed by atoms with Crippen LogP contribution in [0.3, 0.4) is 0 Å². The lowest BCUT2D eigenvalue weighted by Gasteiger charge is -2.15. The van der Waals surface area contributed by atoms with E-state index in [0.29, 0.717) is 11.4 Å². The summed E-state index contributed by atoms with van der Waals surface area (Å²) in [5.74, 6) is -0.0651. The normalized spacial score (nSPS) is 12.4. The second-order valence-corrected chi connectivity index (χ2v) is 8.59. The Labute approximate surface area is 178 Å². The number of pyridine rings is 1. The lowest BCUT2D eigenvalue weighted by Crippen LogP contribution is -2.24. The lowest BCUT2D eigenvalue weighted by atomic mass is 10.1. The van der Waals surface area contributed by atoms with Crippen LogP contribution >= 0.6 is 23.4 Å². The lowest BCUT2D eigenvalue weighted by molar-refractivity contribution is -0.115. The highest BCUT2D eigenvalue weighted by molar-refractivity contribution is 8.00. The fourth-order valence-corrected chi connectivity index (χ4v) is 4.50. The predicted molar refractivity (Wildman–Crippen MR) is 120 cm³/mol. The average Bonchev–Trinajstić information content (AvgIpc) is 3.10. The number of hydrogen-bond acceptors (Lipinski definition) is 4. The Morgan fingerprint density at radius 1 is 1.14 bits per heavy atom. The van der Waals surface area contributed by atoms with Crippen molar-refractivity contribution in [3.8, 4) is 0 Å². The van der Waals surface area contributed by atoms with Gasteiger partial charge in [0.15, 0.2) is 10.8 Å². The van der Waals surface area contributed by atoms with Crippen LogP contribution in [0, 0.1) is 13.8 Å². The van der Waals surface area contributed by atoms with Crippen molar-refractivity contribution >= 4 is 51.5 Å². The molecule has 0 bridgehead atoms. The number of para-hydroxylation sites is 1. The molecule has 0 spiro atoms. The molecule has 7 heteroatoms. The molecule has 0 aliphatic carbocycles. The molecule has 0 aliphatic heterocycles. The molecule has 5 nitrogen and oxygen atoms in total. The van der Waals surface area contributed by atoms with Crippen LogP contribution < -0.4 is 5.32 Å². The van der Waals surface area contributed by atoms with Crippen LogP contribution in [0.4, 0.5) is 5.69 Å². The fourth-order valence-electron chi connectivity index (χ4n) is 3.41. The fraction of sp³-hybridized carbons (Fsp3) is 0.227. The van der Waals surface area contributed by atoms with Crippen LogP contribution in [0.1, 0.15) is 24.5 Å². The third kappa shape index (κ3) is 3.82. The van der Waals surface area contributed by atoms with E-state index in [-0.39, 0.29) is 11.2 Å². The van der Waals surface area contributed by atoms with Gasteiger partial charge >= 0.3 is 0 Å². The third-order valence-corrected chi connectivity index (χ3v) is 6.47. The molecule has 2 heterocycles. The number of rotatable bonds is 5. The summed E-state index contributed by atoms with van der Waals surface area (Å²) in [4.78, 5) is 12.9. The van der Waals surface area contributed by atoms with Crippen molar-refractivity contribution < 1.29 is 4.79 Å². The summed E-state index contributed by atoms with van der Waals surface area (Å²) in [5, 5.41) is 13.9. The number of nitrogens with one attached hydrogen (secondary N) is 1. The molecule has 1 atom stereocenters. The molecular formula is C22H21ClN4OS. The summed E-state index contributed by atoms with van der Waals surface area (Å²) in [6.07, 6.45) is 0.668. The largest absolute Gasteiger partial charge is 0.325 e. The predicted octanol–water partition coefficient (Wildman–Crippen LogP) is 5.66. The van der Waals surface area contributed by atoms with Crippen LogP contribution in [0.5, 0.6) is 0 Å². The zero-order valence-corrected chi connectivity index (χ0v) is 18.0. The van der Waals surface area contributed by atoms with Gasteiger partial charge in [0.25, 0.3) is 0 Å². The van der Waals surface area contributed by atoms with E-state index in [4.69, 9.17) is 11.6 Å². The number of benzene rings is 2. The Balaban J connectivity index is 1.69. The Bertz CT molecular complexity index is 1200. The summed E-state index contributed by atoms with van der Waals surface area (Å²) < 4.78 is 2.06. The van der Waals surface area contributed by atoms with E-state index in [0.717, 1.165) is 38.5 Å². The number of halogens is 1. The minimum atomic E-state index is -0.293. The number of hydrogen-bond donors (Lipinski definition) is 1. The smallest absolute Gasteiger partial charge is 0.237 e. The molecule has 0 fully saturated rings. The number of thioether (sulfide) groups is 1. The van der Waals surface area contributed by atoms with Crippen LogP contribution in [0.15, 0.2) is 53.7 Å². The Hall–Kier alpha value is -2.57. The third-order valence-electron chi connectivity index (χ3n) is 4.91. The maximum Gasteiger partial charge on any atom is 0.237 e. The summed E-state index contributed by atoms with van der Waals surface area (Å²) in [6.45, 7) is 6.16. The van der Waals surface area contributed by atoms with E-state index < -0.39 is 0 Å². The Morgan fingerprint density at radius 2 is 1.90 bits per heavy atom. The van der Waals surface area contributed by atoms with E-state index >= 15 is 0 Å². The van der Waals surface area contributed by atoms with Gasteiger partial charge in [-0.05, 0) is 61.7 Å². The number of carbonyl (C=O) groups excluding carboxylic acids is 1. The van der Waals surface area contributed by atoms with Crippen molar-refractivity contribution in [1.29, 1.82) is 0 Å². The van der Waals surface area contributed by atoms with Crippen molar-refractivity contribution in [2.75, 3.05) is 5.32 Å². The topological polar surface area (TPSA) is 59.3 Å². The van der Waals surface area contributed by atoms with Crippen molar-refractivity contribution in [3.63, 3.8) is 0 Å². The van der Waals surface area contributed by atoms with Gasteiger partial charge in [-0.1, -0.05) is 48.5 Å². The van der Waals surface area contributed by atoms with Crippen LogP contribution in [-0.2, 0) is 4.79 Å². The van der Waals surface area contributed by atoms with Gasteiger partial charge in [-0.3, -0.25) is 9.20 Å².